The average Bonchev–Trinajstić information content (AvgIpc) is 2.71. The van der Waals surface area contributed by atoms with Gasteiger partial charge in [-0.25, -0.2) is 0 Å². The van der Waals surface area contributed by atoms with Crippen LogP contribution in [0.1, 0.15) is 24.6 Å². The standard InChI is InChI=1S/C11H19N3/c1-14-7-4-9(5-8-14)11(12)10-3-2-6-13-10/h2-3,6,9,11,13H,4-5,7-8,12H2,1H3. The van der Waals surface area contributed by atoms with Crippen LogP contribution in [0, 0.1) is 5.92 Å². The third-order valence-corrected chi connectivity index (χ3v) is 3.25. The molecule has 1 aromatic rings. The molecule has 3 heteroatoms. The number of aromatic amines is 1. The number of rotatable bonds is 2. The van der Waals surface area contributed by atoms with Gasteiger partial charge < -0.3 is 15.6 Å². The highest BCUT2D eigenvalue weighted by atomic mass is 15.1. The number of hydrogen-bond donors (Lipinski definition) is 2. The van der Waals surface area contributed by atoms with Gasteiger partial charge in [0.25, 0.3) is 0 Å². The van der Waals surface area contributed by atoms with E-state index in [1.54, 1.807) is 0 Å². The Hall–Kier alpha value is -0.800. The lowest BCUT2D eigenvalue weighted by Gasteiger charge is -2.32. The minimum absolute atomic E-state index is 0.193. The van der Waals surface area contributed by atoms with E-state index in [4.69, 9.17) is 5.73 Å². The summed E-state index contributed by atoms with van der Waals surface area (Å²) in [6.45, 7) is 2.36. The second kappa shape index (κ2) is 4.15. The van der Waals surface area contributed by atoms with Crippen LogP contribution in [0.25, 0.3) is 0 Å². The van der Waals surface area contributed by atoms with Crippen molar-refractivity contribution in [3.05, 3.63) is 24.0 Å². The molecule has 1 aliphatic rings. The summed E-state index contributed by atoms with van der Waals surface area (Å²) in [6.07, 6.45) is 4.39. The van der Waals surface area contributed by atoms with Crippen molar-refractivity contribution >= 4 is 0 Å². The first kappa shape index (κ1) is 9.74. The lowest BCUT2D eigenvalue weighted by Crippen LogP contribution is -2.35. The molecule has 3 nitrogen and oxygen atoms in total. The molecule has 2 heterocycles. The molecule has 3 N–H and O–H groups in total. The summed E-state index contributed by atoms with van der Waals surface area (Å²) in [5.41, 5.74) is 7.39. The van der Waals surface area contributed by atoms with Crippen molar-refractivity contribution in [2.24, 2.45) is 11.7 Å². The lowest BCUT2D eigenvalue weighted by molar-refractivity contribution is 0.198. The normalized spacial score (nSPS) is 22.4. The van der Waals surface area contributed by atoms with Gasteiger partial charge in [-0.3, -0.25) is 0 Å². The molecule has 0 aromatic carbocycles. The van der Waals surface area contributed by atoms with Gasteiger partial charge in [-0.2, -0.15) is 0 Å². The summed E-state index contributed by atoms with van der Waals surface area (Å²) in [7, 11) is 2.18. The van der Waals surface area contributed by atoms with Crippen LogP contribution in [0.5, 0.6) is 0 Å². The molecule has 1 atom stereocenters. The number of nitrogens with one attached hydrogen (secondary N) is 1. The molecule has 2 rings (SSSR count). The fourth-order valence-electron chi connectivity index (χ4n) is 2.19. The predicted octanol–water partition coefficient (Wildman–Crippen LogP) is 1.36. The van der Waals surface area contributed by atoms with Gasteiger partial charge in [0.05, 0.1) is 0 Å². The second-order valence-electron chi connectivity index (χ2n) is 4.29. The van der Waals surface area contributed by atoms with E-state index < -0.39 is 0 Å². The summed E-state index contributed by atoms with van der Waals surface area (Å²) in [5, 5.41) is 0. The molecule has 0 radical (unpaired) electrons. The van der Waals surface area contributed by atoms with Crippen molar-refractivity contribution in [1.82, 2.24) is 9.88 Å². The molecule has 78 valence electrons. The Bertz CT molecular complexity index is 260. The number of H-pyrrole nitrogens is 1. The smallest absolute Gasteiger partial charge is 0.0477 e. The molecule has 0 saturated carbocycles. The van der Waals surface area contributed by atoms with Crippen LogP contribution in [0.4, 0.5) is 0 Å². The molecule has 1 fully saturated rings. The molecular formula is C11H19N3. The Morgan fingerprint density at radius 1 is 1.50 bits per heavy atom. The summed E-state index contributed by atoms with van der Waals surface area (Å²) < 4.78 is 0. The first-order valence-corrected chi connectivity index (χ1v) is 5.35. The largest absolute Gasteiger partial charge is 0.364 e. The van der Waals surface area contributed by atoms with E-state index in [1.807, 2.05) is 12.3 Å². The Kier molecular flexibility index (Phi) is 2.89. The van der Waals surface area contributed by atoms with Crippen molar-refractivity contribution in [1.29, 1.82) is 0 Å². The molecule has 1 aliphatic heterocycles. The number of hydrogen-bond acceptors (Lipinski definition) is 2. The van der Waals surface area contributed by atoms with Gasteiger partial charge in [0.15, 0.2) is 0 Å². The highest BCUT2D eigenvalue weighted by Crippen LogP contribution is 2.27. The summed E-state index contributed by atoms with van der Waals surface area (Å²) in [5.74, 6) is 0.643. The molecule has 1 unspecified atom stereocenters. The van der Waals surface area contributed by atoms with Crippen LogP contribution in [-0.4, -0.2) is 30.0 Å². The van der Waals surface area contributed by atoms with Crippen molar-refractivity contribution < 1.29 is 0 Å². The van der Waals surface area contributed by atoms with Crippen molar-refractivity contribution in [3.63, 3.8) is 0 Å². The molecule has 1 aromatic heterocycles. The molecule has 0 aliphatic carbocycles. The Labute approximate surface area is 85.3 Å². The van der Waals surface area contributed by atoms with Crippen LogP contribution in [0.2, 0.25) is 0 Å². The lowest BCUT2D eigenvalue weighted by atomic mass is 9.88. The summed E-state index contributed by atoms with van der Waals surface area (Å²) in [4.78, 5) is 5.58. The third-order valence-electron chi connectivity index (χ3n) is 3.25. The maximum atomic E-state index is 6.21. The van der Waals surface area contributed by atoms with Crippen LogP contribution in [0.15, 0.2) is 18.3 Å². The van der Waals surface area contributed by atoms with Gasteiger partial charge in [0.2, 0.25) is 0 Å². The molecule has 0 bridgehead atoms. The minimum Gasteiger partial charge on any atom is -0.364 e. The van der Waals surface area contributed by atoms with Crippen LogP contribution in [-0.2, 0) is 0 Å². The van der Waals surface area contributed by atoms with Gasteiger partial charge in [-0.05, 0) is 51.0 Å². The van der Waals surface area contributed by atoms with E-state index in [1.165, 1.54) is 31.6 Å². The average molecular weight is 193 g/mol. The van der Waals surface area contributed by atoms with E-state index in [0.29, 0.717) is 5.92 Å². The van der Waals surface area contributed by atoms with Gasteiger partial charge in [0, 0.05) is 17.9 Å². The first-order valence-electron chi connectivity index (χ1n) is 5.35. The van der Waals surface area contributed by atoms with Gasteiger partial charge >= 0.3 is 0 Å². The molecule has 0 amide bonds. The van der Waals surface area contributed by atoms with E-state index in [-0.39, 0.29) is 6.04 Å². The minimum atomic E-state index is 0.193. The zero-order valence-corrected chi connectivity index (χ0v) is 8.74. The van der Waals surface area contributed by atoms with Gasteiger partial charge in [0.1, 0.15) is 0 Å². The Morgan fingerprint density at radius 2 is 2.21 bits per heavy atom. The SMILES string of the molecule is CN1CCC(C(N)c2ccc[nH]2)CC1. The number of aromatic nitrogens is 1. The van der Waals surface area contributed by atoms with E-state index >= 15 is 0 Å². The molecule has 1 saturated heterocycles. The number of nitrogens with zero attached hydrogens (tertiary/aromatic N) is 1. The monoisotopic (exact) mass is 193 g/mol. The Balaban J connectivity index is 1.95. The fourth-order valence-corrected chi connectivity index (χ4v) is 2.19. The summed E-state index contributed by atoms with van der Waals surface area (Å²) in [6, 6.07) is 4.30. The second-order valence-corrected chi connectivity index (χ2v) is 4.29. The number of nitrogens with two attached hydrogens (primary N) is 1. The fraction of sp³-hybridized carbons (Fsp3) is 0.636. The van der Waals surface area contributed by atoms with E-state index in [0.717, 1.165) is 0 Å². The zero-order valence-electron chi connectivity index (χ0n) is 8.74. The van der Waals surface area contributed by atoms with Crippen molar-refractivity contribution in [2.45, 2.75) is 18.9 Å². The zero-order chi connectivity index (χ0) is 9.97. The number of likely N-dealkylation sites (tertiary alicyclic amines) is 1. The topological polar surface area (TPSA) is 45.0 Å². The van der Waals surface area contributed by atoms with Crippen molar-refractivity contribution in [3.8, 4) is 0 Å². The third kappa shape index (κ3) is 1.99. The van der Waals surface area contributed by atoms with Crippen LogP contribution in [0.3, 0.4) is 0 Å². The maximum absolute atomic E-state index is 6.21. The van der Waals surface area contributed by atoms with E-state index in [2.05, 4.69) is 23.0 Å². The van der Waals surface area contributed by atoms with E-state index in [9.17, 15) is 0 Å². The quantitative estimate of drug-likeness (QED) is 0.745. The number of piperidine rings is 1. The van der Waals surface area contributed by atoms with Gasteiger partial charge in [-0.15, -0.1) is 0 Å². The van der Waals surface area contributed by atoms with Crippen LogP contribution >= 0.6 is 0 Å². The first-order chi connectivity index (χ1) is 6.77. The maximum Gasteiger partial charge on any atom is 0.0477 e. The molecular weight excluding hydrogens is 174 g/mol. The highest BCUT2D eigenvalue weighted by Gasteiger charge is 2.23. The molecule has 0 spiro atoms. The molecule has 14 heavy (non-hydrogen) atoms. The Morgan fingerprint density at radius 3 is 2.79 bits per heavy atom. The summed E-state index contributed by atoms with van der Waals surface area (Å²) >= 11 is 0. The van der Waals surface area contributed by atoms with Crippen LogP contribution < -0.4 is 5.73 Å². The predicted molar refractivity (Wildman–Crippen MR) is 57.9 cm³/mol. The highest BCUT2D eigenvalue weighted by molar-refractivity contribution is 5.10. The van der Waals surface area contributed by atoms with Crippen molar-refractivity contribution in [2.75, 3.05) is 20.1 Å². The van der Waals surface area contributed by atoms with Gasteiger partial charge in [-0.1, -0.05) is 0 Å².